The normalized spacial score (nSPS) is 21.5. The maximum absolute atomic E-state index is 12.9. The van der Waals surface area contributed by atoms with Gasteiger partial charge in [0.25, 0.3) is 0 Å². The number of hydrogen-bond donors (Lipinski definition) is 2. The second-order valence-electron chi connectivity index (χ2n) is 8.90. The molecule has 2 aliphatic rings. The number of H-pyrrole nitrogens is 1. The third kappa shape index (κ3) is 4.25. The fraction of sp³-hybridized carbons (Fsp3) is 0.400. The topological polar surface area (TPSA) is 81.3 Å². The highest BCUT2D eigenvalue weighted by Gasteiger charge is 2.41. The van der Waals surface area contributed by atoms with E-state index in [-0.39, 0.29) is 23.9 Å². The summed E-state index contributed by atoms with van der Waals surface area (Å²) < 4.78 is 0. The minimum atomic E-state index is -0.0218. The van der Waals surface area contributed by atoms with Gasteiger partial charge in [0.05, 0.1) is 17.6 Å². The van der Waals surface area contributed by atoms with Gasteiger partial charge in [-0.2, -0.15) is 0 Å². The fourth-order valence-electron chi connectivity index (χ4n) is 5.21. The second kappa shape index (κ2) is 8.74. The van der Waals surface area contributed by atoms with Gasteiger partial charge in [-0.05, 0) is 49.9 Å². The van der Waals surface area contributed by atoms with E-state index in [9.17, 15) is 9.59 Å². The van der Waals surface area contributed by atoms with Crippen LogP contribution >= 0.6 is 0 Å². The van der Waals surface area contributed by atoms with E-state index in [1.54, 1.807) is 0 Å². The molecule has 2 fully saturated rings. The van der Waals surface area contributed by atoms with Gasteiger partial charge in [-0.3, -0.25) is 14.5 Å². The third-order valence-corrected chi connectivity index (χ3v) is 6.66. The van der Waals surface area contributed by atoms with Crippen molar-refractivity contribution >= 4 is 28.5 Å². The number of anilines is 1. The van der Waals surface area contributed by atoms with Crippen LogP contribution in [0.25, 0.3) is 11.0 Å². The van der Waals surface area contributed by atoms with Crippen molar-refractivity contribution in [2.75, 3.05) is 18.4 Å². The minimum Gasteiger partial charge on any atom is -0.342 e. The third-order valence-electron chi connectivity index (χ3n) is 6.66. The predicted octanol–water partition coefficient (Wildman–Crippen LogP) is 3.47. The summed E-state index contributed by atoms with van der Waals surface area (Å²) >= 11 is 0. The van der Waals surface area contributed by atoms with Gasteiger partial charge in [-0.25, -0.2) is 4.98 Å². The lowest BCUT2D eigenvalue weighted by atomic mass is 10.0. The molecule has 2 amide bonds. The summed E-state index contributed by atoms with van der Waals surface area (Å²) in [5.41, 5.74) is 3.73. The van der Waals surface area contributed by atoms with E-state index in [0.717, 1.165) is 53.9 Å². The Kier molecular flexibility index (Phi) is 5.66. The molecule has 3 aromatic rings. The fourth-order valence-corrected chi connectivity index (χ4v) is 5.21. The zero-order chi connectivity index (χ0) is 22.1. The molecule has 0 aliphatic carbocycles. The Morgan fingerprint density at radius 3 is 2.84 bits per heavy atom. The quantitative estimate of drug-likeness (QED) is 0.648. The molecule has 0 unspecified atom stereocenters. The molecule has 5 rings (SSSR count). The number of likely N-dealkylation sites (tertiary alicyclic amines) is 2. The summed E-state index contributed by atoms with van der Waals surface area (Å²) in [6.07, 6.45) is 3.33. The minimum absolute atomic E-state index is 0.0218. The number of benzene rings is 2. The molecule has 2 aliphatic heterocycles. The molecule has 0 saturated carbocycles. The number of rotatable bonds is 5. The van der Waals surface area contributed by atoms with E-state index in [2.05, 4.69) is 37.2 Å². The summed E-state index contributed by atoms with van der Waals surface area (Å²) in [6, 6.07) is 16.3. The average Bonchev–Trinajstić information content (AvgIpc) is 3.30. The van der Waals surface area contributed by atoms with Gasteiger partial charge < -0.3 is 15.2 Å². The van der Waals surface area contributed by atoms with Gasteiger partial charge >= 0.3 is 0 Å². The number of aromatic amines is 1. The van der Waals surface area contributed by atoms with Gasteiger partial charge in [0.15, 0.2) is 0 Å². The number of nitrogens with one attached hydrogen (secondary N) is 2. The lowest BCUT2D eigenvalue weighted by Gasteiger charge is -2.33. The molecule has 2 atom stereocenters. The summed E-state index contributed by atoms with van der Waals surface area (Å²) in [7, 11) is 0. The summed E-state index contributed by atoms with van der Waals surface area (Å²) in [5.74, 6) is 1.07. The van der Waals surface area contributed by atoms with Crippen molar-refractivity contribution in [2.45, 2.75) is 51.2 Å². The molecule has 0 spiro atoms. The van der Waals surface area contributed by atoms with Crippen LogP contribution in [-0.2, 0) is 16.1 Å². The standard InChI is InChI=1S/C25H29N5O2/c1-17-26-20-11-10-19(14-21(20)27-17)28-24(31)16-29-13-12-23-22(29)8-5-9-25(32)30(23)15-18-6-3-2-4-7-18/h2-4,6-7,10-11,14,22-23H,5,8-9,12-13,15-16H2,1H3,(H,26,27)(H,28,31)/t22-,23-/m0/s1. The zero-order valence-corrected chi connectivity index (χ0v) is 18.4. The van der Waals surface area contributed by atoms with Crippen molar-refractivity contribution in [3.8, 4) is 0 Å². The van der Waals surface area contributed by atoms with E-state index in [4.69, 9.17) is 0 Å². The molecule has 32 heavy (non-hydrogen) atoms. The Bertz CT molecular complexity index is 1130. The monoisotopic (exact) mass is 431 g/mol. The number of aryl methyl sites for hydroxylation is 1. The van der Waals surface area contributed by atoms with Crippen LogP contribution in [0.1, 0.15) is 37.1 Å². The molecule has 0 bridgehead atoms. The van der Waals surface area contributed by atoms with Gasteiger partial charge in [0, 0.05) is 37.3 Å². The van der Waals surface area contributed by atoms with Crippen LogP contribution in [0.3, 0.4) is 0 Å². The number of nitrogens with zero attached hydrogens (tertiary/aromatic N) is 3. The zero-order valence-electron chi connectivity index (χ0n) is 18.4. The van der Waals surface area contributed by atoms with Crippen molar-refractivity contribution in [1.82, 2.24) is 19.8 Å². The Labute approximate surface area is 187 Å². The molecular weight excluding hydrogens is 402 g/mol. The van der Waals surface area contributed by atoms with Gasteiger partial charge in [-0.15, -0.1) is 0 Å². The number of amides is 2. The average molecular weight is 432 g/mol. The molecular formula is C25H29N5O2. The van der Waals surface area contributed by atoms with E-state index >= 15 is 0 Å². The van der Waals surface area contributed by atoms with Crippen molar-refractivity contribution in [2.24, 2.45) is 0 Å². The number of carbonyl (C=O) groups excluding carboxylic acids is 2. The van der Waals surface area contributed by atoms with E-state index in [0.29, 0.717) is 19.5 Å². The van der Waals surface area contributed by atoms with Gasteiger partial charge in [-0.1, -0.05) is 30.3 Å². The lowest BCUT2D eigenvalue weighted by molar-refractivity contribution is -0.133. The first-order valence-electron chi connectivity index (χ1n) is 11.4. The highest BCUT2D eigenvalue weighted by molar-refractivity contribution is 5.94. The molecule has 3 heterocycles. The molecule has 166 valence electrons. The van der Waals surface area contributed by atoms with Gasteiger partial charge in [0.1, 0.15) is 5.82 Å². The van der Waals surface area contributed by atoms with Crippen molar-refractivity contribution in [1.29, 1.82) is 0 Å². The number of fused-ring (bicyclic) bond motifs is 2. The smallest absolute Gasteiger partial charge is 0.238 e. The number of hydrogen-bond acceptors (Lipinski definition) is 4. The Balaban J connectivity index is 1.26. The largest absolute Gasteiger partial charge is 0.342 e. The van der Waals surface area contributed by atoms with Crippen LogP contribution in [-0.4, -0.2) is 56.8 Å². The first-order chi connectivity index (χ1) is 15.6. The number of imidazole rings is 1. The molecule has 2 saturated heterocycles. The highest BCUT2D eigenvalue weighted by Crippen LogP contribution is 2.31. The number of aromatic nitrogens is 2. The Hall–Kier alpha value is -3.19. The summed E-state index contributed by atoms with van der Waals surface area (Å²) in [5, 5.41) is 3.03. The van der Waals surface area contributed by atoms with E-state index in [1.807, 2.05) is 43.3 Å². The maximum Gasteiger partial charge on any atom is 0.238 e. The van der Waals surface area contributed by atoms with Gasteiger partial charge in [0.2, 0.25) is 11.8 Å². The molecule has 2 N–H and O–H groups in total. The van der Waals surface area contributed by atoms with Crippen LogP contribution in [0.5, 0.6) is 0 Å². The molecule has 2 aromatic carbocycles. The second-order valence-corrected chi connectivity index (χ2v) is 8.90. The lowest BCUT2D eigenvalue weighted by Crippen LogP contribution is -2.47. The van der Waals surface area contributed by atoms with Crippen LogP contribution < -0.4 is 5.32 Å². The molecule has 7 heteroatoms. The first kappa shape index (κ1) is 20.7. The molecule has 0 radical (unpaired) electrons. The Morgan fingerprint density at radius 1 is 1.16 bits per heavy atom. The SMILES string of the molecule is Cc1nc2ccc(NC(=O)CN3CC[C@H]4[C@@H]3CCCC(=O)N4Cc3ccccc3)cc2[nH]1. The van der Waals surface area contributed by atoms with Crippen molar-refractivity contribution in [3.63, 3.8) is 0 Å². The molecule has 1 aromatic heterocycles. The summed E-state index contributed by atoms with van der Waals surface area (Å²) in [6.45, 7) is 3.74. The molecule has 7 nitrogen and oxygen atoms in total. The predicted molar refractivity (Wildman–Crippen MR) is 124 cm³/mol. The first-order valence-corrected chi connectivity index (χ1v) is 11.4. The van der Waals surface area contributed by atoms with Crippen LogP contribution in [0.2, 0.25) is 0 Å². The van der Waals surface area contributed by atoms with Crippen LogP contribution in [0.4, 0.5) is 5.69 Å². The van der Waals surface area contributed by atoms with Crippen molar-refractivity contribution < 1.29 is 9.59 Å². The Morgan fingerprint density at radius 2 is 2.00 bits per heavy atom. The van der Waals surface area contributed by atoms with Crippen LogP contribution in [0, 0.1) is 6.92 Å². The van der Waals surface area contributed by atoms with E-state index < -0.39 is 0 Å². The number of carbonyl (C=O) groups is 2. The highest BCUT2D eigenvalue weighted by atomic mass is 16.2. The van der Waals surface area contributed by atoms with Crippen molar-refractivity contribution in [3.05, 3.63) is 59.9 Å². The summed E-state index contributed by atoms with van der Waals surface area (Å²) in [4.78, 5) is 37.6. The van der Waals surface area contributed by atoms with E-state index in [1.165, 1.54) is 0 Å². The maximum atomic E-state index is 12.9. The van der Waals surface area contributed by atoms with Crippen LogP contribution in [0.15, 0.2) is 48.5 Å².